The lowest BCUT2D eigenvalue weighted by molar-refractivity contribution is -0.128. The van der Waals surface area contributed by atoms with Gasteiger partial charge < -0.3 is 20.1 Å². The van der Waals surface area contributed by atoms with Crippen molar-refractivity contribution in [1.82, 2.24) is 10.6 Å². The van der Waals surface area contributed by atoms with E-state index in [1.165, 1.54) is 7.11 Å². The van der Waals surface area contributed by atoms with E-state index < -0.39 is 24.1 Å². The summed E-state index contributed by atoms with van der Waals surface area (Å²) in [6, 6.07) is 11.6. The van der Waals surface area contributed by atoms with Crippen LogP contribution in [0, 0.1) is 0 Å². The van der Waals surface area contributed by atoms with Gasteiger partial charge in [0.25, 0.3) is 5.91 Å². The average molecular weight is 395 g/mol. The number of rotatable bonds is 5. The Hall–Kier alpha value is -2.44. The van der Waals surface area contributed by atoms with E-state index in [1.54, 1.807) is 36.4 Å². The first kappa shape index (κ1) is 18.4. The van der Waals surface area contributed by atoms with Crippen molar-refractivity contribution in [3.8, 4) is 5.75 Å². The zero-order chi connectivity index (χ0) is 18.7. The molecule has 6 nitrogen and oxygen atoms in total. The molecule has 136 valence electrons. The summed E-state index contributed by atoms with van der Waals surface area (Å²) in [6.45, 7) is 0.111. The first-order valence-electron chi connectivity index (χ1n) is 7.81. The number of halogens is 2. The molecule has 2 aromatic carbocycles. The molecule has 26 heavy (non-hydrogen) atoms. The summed E-state index contributed by atoms with van der Waals surface area (Å²) in [5.74, 6) is 0.122. The predicted molar refractivity (Wildman–Crippen MR) is 97.7 cm³/mol. The van der Waals surface area contributed by atoms with Gasteiger partial charge in [-0.05, 0) is 35.9 Å². The van der Waals surface area contributed by atoms with Gasteiger partial charge in [-0.2, -0.15) is 0 Å². The van der Waals surface area contributed by atoms with E-state index >= 15 is 0 Å². The van der Waals surface area contributed by atoms with Gasteiger partial charge in [-0.1, -0.05) is 35.3 Å². The molecule has 0 saturated carbocycles. The van der Waals surface area contributed by atoms with Crippen LogP contribution in [0.15, 0.2) is 42.5 Å². The molecule has 2 atom stereocenters. The highest BCUT2D eigenvalue weighted by Crippen LogP contribution is 2.33. The Morgan fingerprint density at radius 1 is 1.27 bits per heavy atom. The number of carbonyl (C=O) groups is 2. The van der Waals surface area contributed by atoms with E-state index in [0.717, 1.165) is 5.56 Å². The lowest BCUT2D eigenvalue weighted by Gasteiger charge is -2.23. The summed E-state index contributed by atoms with van der Waals surface area (Å²) >= 11 is 12.3. The molecular formula is C18H16Cl2N2O4. The van der Waals surface area contributed by atoms with Crippen LogP contribution >= 0.6 is 23.2 Å². The quantitative estimate of drug-likeness (QED) is 0.815. The minimum absolute atomic E-state index is 0.111. The molecule has 3 rings (SSSR count). The number of methoxy groups -OCH3 is 1. The maximum absolute atomic E-state index is 12.6. The fourth-order valence-electron chi connectivity index (χ4n) is 2.73. The van der Waals surface area contributed by atoms with Crippen LogP contribution < -0.4 is 15.4 Å². The second-order valence-electron chi connectivity index (χ2n) is 5.66. The zero-order valence-corrected chi connectivity index (χ0v) is 15.3. The van der Waals surface area contributed by atoms with E-state index in [1.807, 2.05) is 6.07 Å². The van der Waals surface area contributed by atoms with Crippen LogP contribution in [0.4, 0.5) is 4.79 Å². The van der Waals surface area contributed by atoms with Gasteiger partial charge in [0, 0.05) is 15.6 Å². The number of carbonyl (C=O) groups excluding carboxylic acids is 2. The molecule has 0 radical (unpaired) electrons. The Labute approximate surface area is 160 Å². The van der Waals surface area contributed by atoms with Crippen molar-refractivity contribution in [2.45, 2.75) is 12.1 Å². The number of cyclic esters (lactones) is 1. The fourth-order valence-corrected chi connectivity index (χ4v) is 3.11. The van der Waals surface area contributed by atoms with Crippen LogP contribution in [0.1, 0.15) is 17.2 Å². The molecule has 1 heterocycles. The lowest BCUT2D eigenvalue weighted by Crippen LogP contribution is -2.39. The minimum Gasteiger partial charge on any atom is -0.496 e. The molecule has 2 aromatic rings. The lowest BCUT2D eigenvalue weighted by atomic mass is 9.97. The Bertz CT molecular complexity index is 844. The largest absolute Gasteiger partial charge is 0.496 e. The van der Waals surface area contributed by atoms with E-state index in [9.17, 15) is 9.59 Å². The average Bonchev–Trinajstić information content (AvgIpc) is 3.06. The third kappa shape index (κ3) is 4.03. The first-order chi connectivity index (χ1) is 12.5. The van der Waals surface area contributed by atoms with Crippen molar-refractivity contribution in [1.29, 1.82) is 0 Å². The van der Waals surface area contributed by atoms with Gasteiger partial charge >= 0.3 is 6.09 Å². The molecule has 2 N–H and O–H groups in total. The maximum atomic E-state index is 12.6. The Morgan fingerprint density at radius 3 is 2.69 bits per heavy atom. The van der Waals surface area contributed by atoms with E-state index in [0.29, 0.717) is 21.4 Å². The van der Waals surface area contributed by atoms with Crippen LogP contribution in [-0.2, 0) is 9.53 Å². The van der Waals surface area contributed by atoms with E-state index in [4.69, 9.17) is 32.7 Å². The molecule has 0 unspecified atom stereocenters. The number of benzene rings is 2. The highest BCUT2D eigenvalue weighted by molar-refractivity contribution is 6.31. The summed E-state index contributed by atoms with van der Waals surface area (Å²) in [4.78, 5) is 23.8. The second-order valence-corrected chi connectivity index (χ2v) is 6.53. The Balaban J connectivity index is 1.98. The van der Waals surface area contributed by atoms with E-state index in [-0.39, 0.29) is 6.54 Å². The van der Waals surface area contributed by atoms with Crippen molar-refractivity contribution in [2.24, 2.45) is 0 Å². The van der Waals surface area contributed by atoms with Gasteiger partial charge in [0.05, 0.1) is 19.7 Å². The molecule has 1 aliphatic rings. The Morgan fingerprint density at radius 2 is 2.04 bits per heavy atom. The standard InChI is InChI=1S/C18H16Cl2N2O4/c1-25-14-6-5-12(20)8-13(14)16(10-3-2-4-11(19)7-10)22-17(23)15-9-21-18(24)26-15/h2-8,15-16H,9H2,1H3,(H,21,24)(H,22,23)/t15-,16+/m0/s1. The van der Waals surface area contributed by atoms with Crippen molar-refractivity contribution in [3.63, 3.8) is 0 Å². The number of nitrogens with one attached hydrogen (secondary N) is 2. The molecule has 0 bridgehead atoms. The molecule has 0 aliphatic carbocycles. The van der Waals surface area contributed by atoms with Crippen LogP contribution in [-0.4, -0.2) is 31.8 Å². The van der Waals surface area contributed by atoms with Gasteiger partial charge in [0.15, 0.2) is 6.10 Å². The monoisotopic (exact) mass is 394 g/mol. The first-order valence-corrected chi connectivity index (χ1v) is 8.57. The molecular weight excluding hydrogens is 379 g/mol. The number of ether oxygens (including phenoxy) is 2. The smallest absolute Gasteiger partial charge is 0.408 e. The van der Waals surface area contributed by atoms with Crippen molar-refractivity contribution in [2.75, 3.05) is 13.7 Å². The van der Waals surface area contributed by atoms with Crippen LogP contribution in [0.25, 0.3) is 0 Å². The van der Waals surface area contributed by atoms with Crippen molar-refractivity contribution < 1.29 is 19.1 Å². The summed E-state index contributed by atoms with van der Waals surface area (Å²) in [6.07, 6.45) is -1.53. The summed E-state index contributed by atoms with van der Waals surface area (Å²) < 4.78 is 10.4. The normalized spacial score (nSPS) is 17.2. The number of hydrogen-bond acceptors (Lipinski definition) is 4. The maximum Gasteiger partial charge on any atom is 0.408 e. The van der Waals surface area contributed by atoms with Gasteiger partial charge in [-0.15, -0.1) is 0 Å². The highest BCUT2D eigenvalue weighted by atomic mass is 35.5. The predicted octanol–water partition coefficient (Wildman–Crippen LogP) is 3.32. The third-order valence-electron chi connectivity index (χ3n) is 3.94. The number of alkyl carbamates (subject to hydrolysis) is 1. The fraction of sp³-hybridized carbons (Fsp3) is 0.222. The number of amides is 2. The van der Waals surface area contributed by atoms with Gasteiger partial charge in [-0.3, -0.25) is 4.79 Å². The molecule has 1 aliphatic heterocycles. The SMILES string of the molecule is COc1ccc(Cl)cc1[C@H](NC(=O)[C@@H]1CNC(=O)O1)c1cccc(Cl)c1. The van der Waals surface area contributed by atoms with Crippen LogP contribution in [0.2, 0.25) is 10.0 Å². The van der Waals surface area contributed by atoms with Crippen molar-refractivity contribution in [3.05, 3.63) is 63.6 Å². The summed E-state index contributed by atoms with van der Waals surface area (Å²) in [5, 5.41) is 6.36. The number of hydrogen-bond donors (Lipinski definition) is 2. The molecule has 1 saturated heterocycles. The molecule has 0 aromatic heterocycles. The second kappa shape index (κ2) is 7.85. The van der Waals surface area contributed by atoms with Gasteiger partial charge in [-0.25, -0.2) is 4.79 Å². The van der Waals surface area contributed by atoms with Crippen LogP contribution in [0.5, 0.6) is 5.75 Å². The highest BCUT2D eigenvalue weighted by Gasteiger charge is 2.32. The van der Waals surface area contributed by atoms with Gasteiger partial charge in [0.2, 0.25) is 0 Å². The summed E-state index contributed by atoms with van der Waals surface area (Å²) in [7, 11) is 1.53. The molecule has 1 fully saturated rings. The Kier molecular flexibility index (Phi) is 5.54. The molecule has 2 amide bonds. The zero-order valence-electron chi connectivity index (χ0n) is 13.8. The van der Waals surface area contributed by atoms with Gasteiger partial charge in [0.1, 0.15) is 5.75 Å². The van der Waals surface area contributed by atoms with E-state index in [2.05, 4.69) is 10.6 Å². The minimum atomic E-state index is -0.908. The molecule has 8 heteroatoms. The summed E-state index contributed by atoms with van der Waals surface area (Å²) in [5.41, 5.74) is 1.40. The van der Waals surface area contributed by atoms with Crippen LogP contribution in [0.3, 0.4) is 0 Å². The molecule has 0 spiro atoms. The third-order valence-corrected chi connectivity index (χ3v) is 4.42. The van der Waals surface area contributed by atoms with Crippen molar-refractivity contribution >= 4 is 35.2 Å². The topological polar surface area (TPSA) is 76.7 Å².